The molecule has 0 aromatic heterocycles. The summed E-state index contributed by atoms with van der Waals surface area (Å²) in [5.74, 6) is -0.611. The molecule has 82 valence electrons. The molecular weight excluding hydrogens is 201 g/mol. The predicted molar refractivity (Wildman–Crippen MR) is 55.4 cm³/mol. The lowest BCUT2D eigenvalue weighted by atomic mass is 10.2. The molecule has 0 aliphatic heterocycles. The number of nitrogens with two attached hydrogens (primary N) is 1. The molecule has 6 heteroatoms. The number of nitro benzene ring substituents is 1. The number of anilines is 1. The topological polar surface area (TPSA) is 72.4 Å². The molecule has 15 heavy (non-hydrogen) atoms. The van der Waals surface area contributed by atoms with Gasteiger partial charge in [-0.25, -0.2) is 4.39 Å². The number of nitro groups is 1. The second-order valence-corrected chi connectivity index (χ2v) is 3.07. The summed E-state index contributed by atoms with van der Waals surface area (Å²) in [6.07, 6.45) is 0. The maximum Gasteiger partial charge on any atom is 0.295 e. The third kappa shape index (κ3) is 2.41. The number of benzene rings is 1. The minimum atomic E-state index is -0.611. The van der Waals surface area contributed by atoms with Crippen molar-refractivity contribution in [2.45, 2.75) is 0 Å². The molecular formula is C9H12FN3O2. The smallest absolute Gasteiger partial charge is 0.295 e. The Morgan fingerprint density at radius 1 is 1.60 bits per heavy atom. The summed E-state index contributed by atoms with van der Waals surface area (Å²) >= 11 is 0. The predicted octanol–water partition coefficient (Wildman–Crippen LogP) is 1.13. The van der Waals surface area contributed by atoms with E-state index >= 15 is 0 Å². The second-order valence-electron chi connectivity index (χ2n) is 3.07. The lowest BCUT2D eigenvalue weighted by molar-refractivity contribution is -0.384. The zero-order valence-electron chi connectivity index (χ0n) is 8.31. The number of likely N-dealkylation sites (N-methyl/N-ethyl adjacent to an activating group) is 1. The SMILES string of the molecule is CN(CCN)c1c(F)cccc1[N+](=O)[O-]. The largest absolute Gasteiger partial charge is 0.365 e. The highest BCUT2D eigenvalue weighted by atomic mass is 19.1. The lowest BCUT2D eigenvalue weighted by Crippen LogP contribution is -2.26. The average molecular weight is 213 g/mol. The first-order valence-electron chi connectivity index (χ1n) is 4.42. The first-order valence-corrected chi connectivity index (χ1v) is 4.42. The van der Waals surface area contributed by atoms with Gasteiger partial charge in [-0.1, -0.05) is 6.07 Å². The van der Waals surface area contributed by atoms with Crippen molar-refractivity contribution in [2.75, 3.05) is 25.0 Å². The molecule has 0 aliphatic rings. The van der Waals surface area contributed by atoms with Gasteiger partial charge in [0.05, 0.1) is 4.92 Å². The summed E-state index contributed by atoms with van der Waals surface area (Å²) in [4.78, 5) is 11.5. The van der Waals surface area contributed by atoms with Crippen LogP contribution in [0.25, 0.3) is 0 Å². The zero-order valence-corrected chi connectivity index (χ0v) is 8.31. The molecule has 1 aromatic rings. The second kappa shape index (κ2) is 4.70. The van der Waals surface area contributed by atoms with E-state index in [0.29, 0.717) is 13.1 Å². The summed E-state index contributed by atoms with van der Waals surface area (Å²) in [7, 11) is 1.57. The molecule has 0 spiro atoms. The van der Waals surface area contributed by atoms with Gasteiger partial charge in [0.1, 0.15) is 0 Å². The number of nitrogens with zero attached hydrogens (tertiary/aromatic N) is 2. The van der Waals surface area contributed by atoms with Crippen molar-refractivity contribution in [1.29, 1.82) is 0 Å². The Labute approximate surface area is 86.4 Å². The molecule has 0 saturated heterocycles. The zero-order chi connectivity index (χ0) is 11.4. The molecule has 0 atom stereocenters. The Bertz CT molecular complexity index is 370. The van der Waals surface area contributed by atoms with Crippen molar-refractivity contribution in [3.63, 3.8) is 0 Å². The van der Waals surface area contributed by atoms with E-state index in [1.54, 1.807) is 7.05 Å². The first kappa shape index (κ1) is 11.4. The molecule has 0 aliphatic carbocycles. The number of hydrogen-bond acceptors (Lipinski definition) is 4. The van der Waals surface area contributed by atoms with Crippen molar-refractivity contribution in [2.24, 2.45) is 5.73 Å². The van der Waals surface area contributed by atoms with Gasteiger partial charge in [-0.2, -0.15) is 0 Å². The van der Waals surface area contributed by atoms with E-state index in [9.17, 15) is 14.5 Å². The van der Waals surface area contributed by atoms with Crippen LogP contribution >= 0.6 is 0 Å². The summed E-state index contributed by atoms with van der Waals surface area (Å²) < 4.78 is 13.4. The highest BCUT2D eigenvalue weighted by Crippen LogP contribution is 2.29. The van der Waals surface area contributed by atoms with Crippen molar-refractivity contribution in [3.05, 3.63) is 34.1 Å². The summed E-state index contributed by atoms with van der Waals surface area (Å²) in [6.45, 7) is 0.670. The molecule has 1 rings (SSSR count). The minimum Gasteiger partial charge on any atom is -0.365 e. The van der Waals surface area contributed by atoms with Crippen molar-refractivity contribution in [3.8, 4) is 0 Å². The van der Waals surface area contributed by atoms with Gasteiger partial charge < -0.3 is 10.6 Å². The maximum atomic E-state index is 13.4. The van der Waals surface area contributed by atoms with Gasteiger partial charge in [0, 0.05) is 26.2 Å². The fourth-order valence-electron chi connectivity index (χ4n) is 1.33. The van der Waals surface area contributed by atoms with Gasteiger partial charge in [-0.05, 0) is 6.07 Å². The number of rotatable bonds is 4. The molecule has 0 amide bonds. The fraction of sp³-hybridized carbons (Fsp3) is 0.333. The monoisotopic (exact) mass is 213 g/mol. The van der Waals surface area contributed by atoms with Crippen LogP contribution in [0, 0.1) is 15.9 Å². The van der Waals surface area contributed by atoms with Crippen LogP contribution in [-0.2, 0) is 0 Å². The molecule has 0 saturated carbocycles. The Hall–Kier alpha value is -1.69. The Morgan fingerprint density at radius 2 is 2.27 bits per heavy atom. The standard InChI is InChI=1S/C9H12FN3O2/c1-12(6-5-11)9-7(10)3-2-4-8(9)13(14)15/h2-4H,5-6,11H2,1H3. The van der Waals surface area contributed by atoms with E-state index in [2.05, 4.69) is 0 Å². The van der Waals surface area contributed by atoms with Crippen LogP contribution in [0.2, 0.25) is 0 Å². The average Bonchev–Trinajstić information content (AvgIpc) is 2.17. The van der Waals surface area contributed by atoms with Gasteiger partial charge in [-0.15, -0.1) is 0 Å². The summed E-state index contributed by atoms with van der Waals surface area (Å²) in [6, 6.07) is 3.77. The van der Waals surface area contributed by atoms with E-state index in [1.165, 1.54) is 23.1 Å². The summed E-state index contributed by atoms with van der Waals surface area (Å²) in [5.41, 5.74) is 5.04. The van der Waals surface area contributed by atoms with Crippen LogP contribution in [-0.4, -0.2) is 25.1 Å². The third-order valence-corrected chi connectivity index (χ3v) is 2.01. The Kier molecular flexibility index (Phi) is 3.56. The molecule has 0 fully saturated rings. The van der Waals surface area contributed by atoms with Crippen LogP contribution in [0.3, 0.4) is 0 Å². The van der Waals surface area contributed by atoms with Gasteiger partial charge in [-0.3, -0.25) is 10.1 Å². The minimum absolute atomic E-state index is 0.0204. The van der Waals surface area contributed by atoms with E-state index < -0.39 is 10.7 Å². The molecule has 5 nitrogen and oxygen atoms in total. The van der Waals surface area contributed by atoms with E-state index in [4.69, 9.17) is 5.73 Å². The molecule has 0 bridgehead atoms. The first-order chi connectivity index (χ1) is 7.07. The normalized spacial score (nSPS) is 10.1. The highest BCUT2D eigenvalue weighted by molar-refractivity contribution is 5.63. The van der Waals surface area contributed by atoms with Crippen molar-refractivity contribution in [1.82, 2.24) is 0 Å². The quantitative estimate of drug-likeness (QED) is 0.601. The summed E-state index contributed by atoms with van der Waals surface area (Å²) in [5, 5.41) is 10.7. The molecule has 1 aromatic carbocycles. The molecule has 2 N–H and O–H groups in total. The number of para-hydroxylation sites is 1. The van der Waals surface area contributed by atoms with Crippen LogP contribution in [0.5, 0.6) is 0 Å². The fourth-order valence-corrected chi connectivity index (χ4v) is 1.33. The van der Waals surface area contributed by atoms with Crippen LogP contribution in [0.1, 0.15) is 0 Å². The van der Waals surface area contributed by atoms with Gasteiger partial charge in [0.25, 0.3) is 5.69 Å². The molecule has 0 heterocycles. The molecule has 0 radical (unpaired) electrons. The number of halogens is 1. The van der Waals surface area contributed by atoms with Gasteiger partial charge >= 0.3 is 0 Å². The van der Waals surface area contributed by atoms with Gasteiger partial charge in [0.2, 0.25) is 0 Å². The van der Waals surface area contributed by atoms with Crippen LogP contribution < -0.4 is 10.6 Å². The number of hydrogen-bond donors (Lipinski definition) is 1. The lowest BCUT2D eigenvalue weighted by Gasteiger charge is -2.18. The van der Waals surface area contributed by atoms with Crippen LogP contribution in [0.4, 0.5) is 15.8 Å². The van der Waals surface area contributed by atoms with E-state index in [0.717, 1.165) is 0 Å². The molecule has 0 unspecified atom stereocenters. The Balaban J connectivity index is 3.18. The van der Waals surface area contributed by atoms with E-state index in [-0.39, 0.29) is 11.4 Å². The van der Waals surface area contributed by atoms with Gasteiger partial charge in [0.15, 0.2) is 11.5 Å². The highest BCUT2D eigenvalue weighted by Gasteiger charge is 2.20. The maximum absolute atomic E-state index is 13.4. The van der Waals surface area contributed by atoms with Crippen molar-refractivity contribution >= 4 is 11.4 Å². The van der Waals surface area contributed by atoms with Crippen LogP contribution in [0.15, 0.2) is 18.2 Å². The third-order valence-electron chi connectivity index (χ3n) is 2.01. The van der Waals surface area contributed by atoms with E-state index in [1.807, 2.05) is 0 Å². The van der Waals surface area contributed by atoms with Crippen molar-refractivity contribution < 1.29 is 9.31 Å². The Morgan fingerprint density at radius 3 is 2.80 bits per heavy atom.